The van der Waals surface area contributed by atoms with Crippen molar-refractivity contribution in [3.8, 4) is 0 Å². The van der Waals surface area contributed by atoms with E-state index in [1.165, 1.54) is 0 Å². The molecular weight excluding hydrogens is 282 g/mol. The molecule has 0 aliphatic heterocycles. The summed E-state index contributed by atoms with van der Waals surface area (Å²) < 4.78 is 11.9. The van der Waals surface area contributed by atoms with Crippen molar-refractivity contribution in [3.05, 3.63) is 28.2 Å². The van der Waals surface area contributed by atoms with Crippen LogP contribution in [0.15, 0.2) is 22.7 Å². The second-order valence-corrected chi connectivity index (χ2v) is 4.78. The largest absolute Gasteiger partial charge is 0.398 e. The van der Waals surface area contributed by atoms with Crippen molar-refractivity contribution in [2.75, 3.05) is 25.6 Å². The van der Waals surface area contributed by atoms with E-state index in [4.69, 9.17) is 15.2 Å². The van der Waals surface area contributed by atoms with Gasteiger partial charge in [0.15, 0.2) is 0 Å². The fourth-order valence-corrected chi connectivity index (χ4v) is 1.72. The van der Waals surface area contributed by atoms with Crippen LogP contribution in [0.1, 0.15) is 25.3 Å². The zero-order valence-electron chi connectivity index (χ0n) is 10.2. The standard InChI is InChI=1S/C13H20BrNO2/c1-2-3-6-16-7-8-17-10-11-4-5-12(14)9-13(11)15/h4-5,9H,2-3,6-8,10,15H2,1H3. The summed E-state index contributed by atoms with van der Waals surface area (Å²) in [5, 5.41) is 0. The first-order chi connectivity index (χ1) is 8.24. The predicted molar refractivity (Wildman–Crippen MR) is 73.9 cm³/mol. The van der Waals surface area contributed by atoms with E-state index < -0.39 is 0 Å². The molecule has 96 valence electrons. The lowest BCUT2D eigenvalue weighted by Crippen LogP contribution is -2.06. The SMILES string of the molecule is CCCCOCCOCc1ccc(Br)cc1N. The molecule has 0 bridgehead atoms. The van der Waals surface area contributed by atoms with Gasteiger partial charge < -0.3 is 15.2 Å². The minimum absolute atomic E-state index is 0.538. The van der Waals surface area contributed by atoms with Gasteiger partial charge in [-0.2, -0.15) is 0 Å². The highest BCUT2D eigenvalue weighted by Crippen LogP contribution is 2.19. The van der Waals surface area contributed by atoms with Gasteiger partial charge in [0.05, 0.1) is 19.8 Å². The van der Waals surface area contributed by atoms with Crippen molar-refractivity contribution in [1.29, 1.82) is 0 Å². The van der Waals surface area contributed by atoms with Crippen molar-refractivity contribution >= 4 is 21.6 Å². The Kier molecular flexibility index (Phi) is 7.24. The quantitative estimate of drug-likeness (QED) is 0.591. The summed E-state index contributed by atoms with van der Waals surface area (Å²) in [7, 11) is 0. The van der Waals surface area contributed by atoms with Gasteiger partial charge in [-0.3, -0.25) is 0 Å². The lowest BCUT2D eigenvalue weighted by atomic mass is 10.2. The average Bonchev–Trinajstić information content (AvgIpc) is 2.30. The van der Waals surface area contributed by atoms with Crippen LogP contribution in [0.25, 0.3) is 0 Å². The van der Waals surface area contributed by atoms with Crippen LogP contribution in [0, 0.1) is 0 Å². The van der Waals surface area contributed by atoms with E-state index in [2.05, 4.69) is 22.9 Å². The molecule has 0 saturated carbocycles. The Labute approximate surface area is 111 Å². The maximum Gasteiger partial charge on any atom is 0.0738 e. The van der Waals surface area contributed by atoms with Gasteiger partial charge in [0.2, 0.25) is 0 Å². The molecule has 0 unspecified atom stereocenters. The molecule has 0 aliphatic rings. The molecule has 4 heteroatoms. The highest BCUT2D eigenvalue weighted by Gasteiger charge is 1.99. The molecule has 0 radical (unpaired) electrons. The first kappa shape index (κ1) is 14.5. The van der Waals surface area contributed by atoms with Crippen molar-refractivity contribution in [3.63, 3.8) is 0 Å². The zero-order chi connectivity index (χ0) is 12.5. The van der Waals surface area contributed by atoms with Crippen LogP contribution < -0.4 is 5.73 Å². The lowest BCUT2D eigenvalue weighted by molar-refractivity contribution is 0.0398. The highest BCUT2D eigenvalue weighted by atomic mass is 79.9. The smallest absolute Gasteiger partial charge is 0.0738 e. The first-order valence-electron chi connectivity index (χ1n) is 5.93. The molecule has 2 N–H and O–H groups in total. The minimum atomic E-state index is 0.538. The number of halogens is 1. The normalized spacial score (nSPS) is 10.7. The molecule has 1 rings (SSSR count). The molecule has 1 aromatic carbocycles. The third kappa shape index (κ3) is 6.05. The van der Waals surface area contributed by atoms with Gasteiger partial charge in [-0.05, 0) is 18.6 Å². The molecule has 0 saturated heterocycles. The summed E-state index contributed by atoms with van der Waals surface area (Å²) in [6, 6.07) is 5.82. The van der Waals surface area contributed by atoms with E-state index in [0.717, 1.165) is 35.2 Å². The third-order valence-corrected chi connectivity index (χ3v) is 2.87. The van der Waals surface area contributed by atoms with Crippen molar-refractivity contribution in [2.45, 2.75) is 26.4 Å². The maximum absolute atomic E-state index is 5.86. The fraction of sp³-hybridized carbons (Fsp3) is 0.538. The van der Waals surface area contributed by atoms with Gasteiger partial charge in [-0.1, -0.05) is 35.3 Å². The molecule has 1 aromatic rings. The predicted octanol–water partition coefficient (Wildman–Crippen LogP) is 3.36. The zero-order valence-corrected chi connectivity index (χ0v) is 11.8. The van der Waals surface area contributed by atoms with Crippen LogP contribution in [0.5, 0.6) is 0 Å². The van der Waals surface area contributed by atoms with E-state index >= 15 is 0 Å². The van der Waals surface area contributed by atoms with E-state index in [1.807, 2.05) is 18.2 Å². The van der Waals surface area contributed by atoms with Crippen molar-refractivity contribution in [2.24, 2.45) is 0 Å². The van der Waals surface area contributed by atoms with E-state index in [-0.39, 0.29) is 0 Å². The molecule has 0 spiro atoms. The summed E-state index contributed by atoms with van der Waals surface area (Å²) in [6.45, 7) is 4.77. The molecule has 0 aliphatic carbocycles. The van der Waals surface area contributed by atoms with Crippen molar-refractivity contribution < 1.29 is 9.47 Å². The van der Waals surface area contributed by atoms with Crippen LogP contribution in [0.3, 0.4) is 0 Å². The summed E-state index contributed by atoms with van der Waals surface area (Å²) in [5.41, 5.74) is 7.63. The third-order valence-electron chi connectivity index (χ3n) is 2.38. The molecule has 0 amide bonds. The van der Waals surface area contributed by atoms with Crippen LogP contribution in [-0.4, -0.2) is 19.8 Å². The number of rotatable bonds is 8. The average molecular weight is 302 g/mol. The number of nitrogen functional groups attached to an aromatic ring is 1. The number of hydrogen-bond donors (Lipinski definition) is 1. The molecule has 0 atom stereocenters. The molecule has 3 nitrogen and oxygen atoms in total. The van der Waals surface area contributed by atoms with Crippen LogP contribution in [0.2, 0.25) is 0 Å². The first-order valence-corrected chi connectivity index (χ1v) is 6.72. The van der Waals surface area contributed by atoms with E-state index in [1.54, 1.807) is 0 Å². The Bertz CT molecular complexity index is 331. The fourth-order valence-electron chi connectivity index (χ4n) is 1.35. The Hall–Kier alpha value is -0.580. The van der Waals surface area contributed by atoms with Crippen LogP contribution >= 0.6 is 15.9 Å². The van der Waals surface area contributed by atoms with Gasteiger partial charge >= 0.3 is 0 Å². The summed E-state index contributed by atoms with van der Waals surface area (Å²) >= 11 is 3.37. The molecule has 0 heterocycles. The number of hydrogen-bond acceptors (Lipinski definition) is 3. The molecule has 0 fully saturated rings. The number of nitrogens with two attached hydrogens (primary N) is 1. The van der Waals surface area contributed by atoms with Crippen LogP contribution in [-0.2, 0) is 16.1 Å². The second-order valence-electron chi connectivity index (χ2n) is 3.86. The molecule has 0 aromatic heterocycles. The van der Waals surface area contributed by atoms with Gasteiger partial charge in [-0.25, -0.2) is 0 Å². The molecule has 17 heavy (non-hydrogen) atoms. The molecular formula is C13H20BrNO2. The van der Waals surface area contributed by atoms with Gasteiger partial charge in [-0.15, -0.1) is 0 Å². The highest BCUT2D eigenvalue weighted by molar-refractivity contribution is 9.10. The van der Waals surface area contributed by atoms with Gasteiger partial charge in [0.25, 0.3) is 0 Å². The lowest BCUT2D eigenvalue weighted by Gasteiger charge is -2.08. The number of ether oxygens (including phenoxy) is 2. The number of benzene rings is 1. The van der Waals surface area contributed by atoms with Crippen LogP contribution in [0.4, 0.5) is 5.69 Å². The minimum Gasteiger partial charge on any atom is -0.398 e. The topological polar surface area (TPSA) is 44.5 Å². The van der Waals surface area contributed by atoms with E-state index in [0.29, 0.717) is 19.8 Å². The van der Waals surface area contributed by atoms with Gasteiger partial charge in [0.1, 0.15) is 0 Å². The second kappa shape index (κ2) is 8.50. The summed E-state index contributed by atoms with van der Waals surface area (Å²) in [5.74, 6) is 0. The maximum atomic E-state index is 5.86. The van der Waals surface area contributed by atoms with Gasteiger partial charge in [0, 0.05) is 22.3 Å². The number of anilines is 1. The van der Waals surface area contributed by atoms with Crippen molar-refractivity contribution in [1.82, 2.24) is 0 Å². The number of unbranched alkanes of at least 4 members (excludes halogenated alkanes) is 1. The monoisotopic (exact) mass is 301 g/mol. The Morgan fingerprint density at radius 3 is 2.65 bits per heavy atom. The Balaban J connectivity index is 2.14. The summed E-state index contributed by atoms with van der Waals surface area (Å²) in [4.78, 5) is 0. The Morgan fingerprint density at radius 2 is 1.94 bits per heavy atom. The Morgan fingerprint density at radius 1 is 1.18 bits per heavy atom. The summed E-state index contributed by atoms with van der Waals surface area (Å²) in [6.07, 6.45) is 2.27. The van der Waals surface area contributed by atoms with E-state index in [9.17, 15) is 0 Å².